The van der Waals surface area contributed by atoms with Gasteiger partial charge in [-0.05, 0) is 36.0 Å². The van der Waals surface area contributed by atoms with Crippen LogP contribution in [-0.2, 0) is 9.53 Å². The molecule has 0 aliphatic carbocycles. The Morgan fingerprint density at radius 1 is 1.12 bits per heavy atom. The predicted molar refractivity (Wildman–Crippen MR) is 89.1 cm³/mol. The first-order valence-corrected chi connectivity index (χ1v) is 8.41. The molecule has 26 heavy (non-hydrogen) atoms. The summed E-state index contributed by atoms with van der Waals surface area (Å²) in [5.41, 5.74) is 0.341. The maximum absolute atomic E-state index is 12.4. The first-order valence-electron chi connectivity index (χ1n) is 8.41. The first-order chi connectivity index (χ1) is 12.2. The summed E-state index contributed by atoms with van der Waals surface area (Å²) >= 11 is 0. The number of hydrogen-bond acceptors (Lipinski definition) is 3. The fraction of sp³-hybridized carbons (Fsp3) is 0.611. The highest BCUT2D eigenvalue weighted by Crippen LogP contribution is 2.23. The molecule has 1 amide bonds. The minimum Gasteiger partial charge on any atom is -0.435 e. The highest BCUT2D eigenvalue weighted by molar-refractivity contribution is 5.76. The van der Waals surface area contributed by atoms with E-state index in [1.54, 1.807) is 0 Å². The molecule has 0 fully saturated rings. The van der Waals surface area contributed by atoms with Crippen LogP contribution in [0.5, 0.6) is 5.75 Å². The van der Waals surface area contributed by atoms with Crippen molar-refractivity contribution >= 4 is 5.91 Å². The monoisotopic (exact) mass is 379 g/mol. The molecule has 0 heterocycles. The molecule has 1 aromatic rings. The van der Waals surface area contributed by atoms with E-state index in [0.29, 0.717) is 11.5 Å². The van der Waals surface area contributed by atoms with Gasteiger partial charge >= 0.3 is 13.2 Å². The smallest absolute Gasteiger partial charge is 0.387 e. The number of carbonyl (C=O) groups is 1. The summed E-state index contributed by atoms with van der Waals surface area (Å²) in [5, 5.41) is 2.63. The van der Waals surface area contributed by atoms with E-state index in [1.807, 2.05) is 20.8 Å². The van der Waals surface area contributed by atoms with Crippen LogP contribution in [0.4, 0.5) is 17.6 Å². The summed E-state index contributed by atoms with van der Waals surface area (Å²) in [5.74, 6) is 0.113. The van der Waals surface area contributed by atoms with Crippen molar-refractivity contribution in [2.24, 2.45) is 11.8 Å². The van der Waals surface area contributed by atoms with Crippen LogP contribution in [0.15, 0.2) is 24.3 Å². The Bertz CT molecular complexity index is 555. The molecular formula is C18H25F4NO3. The van der Waals surface area contributed by atoms with Gasteiger partial charge in [-0.15, -0.1) is 0 Å². The van der Waals surface area contributed by atoms with E-state index in [0.717, 1.165) is 6.42 Å². The van der Waals surface area contributed by atoms with Crippen LogP contribution in [0.1, 0.15) is 45.2 Å². The molecular weight excluding hydrogens is 354 g/mol. The molecule has 4 nitrogen and oxygen atoms in total. The fourth-order valence-corrected chi connectivity index (χ4v) is 2.76. The maximum atomic E-state index is 12.4. The quantitative estimate of drug-likeness (QED) is 0.564. The van der Waals surface area contributed by atoms with E-state index >= 15 is 0 Å². The number of nitrogens with one attached hydrogen (secondary N) is 1. The molecule has 1 aromatic carbocycles. The number of carbonyl (C=O) groups excluding carboxylic acids is 1. The predicted octanol–water partition coefficient (Wildman–Crippen LogP) is 4.76. The molecule has 0 saturated carbocycles. The van der Waals surface area contributed by atoms with Gasteiger partial charge in [0.1, 0.15) is 5.75 Å². The standard InChI is InChI=1S/C18H25F4NO3/c1-11(2)7-12(3)8-16(24)23-15(10-25-17(19)20)13-5-4-6-14(9-13)26-18(21)22/h4-6,9,11-12,15,17-18H,7-8,10H2,1-3H3,(H,23,24). The van der Waals surface area contributed by atoms with E-state index in [-0.39, 0.29) is 24.0 Å². The average molecular weight is 379 g/mol. The van der Waals surface area contributed by atoms with Crippen LogP contribution in [-0.4, -0.2) is 25.7 Å². The Morgan fingerprint density at radius 3 is 2.38 bits per heavy atom. The zero-order chi connectivity index (χ0) is 19.7. The van der Waals surface area contributed by atoms with E-state index in [2.05, 4.69) is 14.8 Å². The molecule has 0 radical (unpaired) electrons. The van der Waals surface area contributed by atoms with E-state index in [4.69, 9.17) is 0 Å². The largest absolute Gasteiger partial charge is 0.435 e. The van der Waals surface area contributed by atoms with Crippen LogP contribution < -0.4 is 10.1 Å². The lowest BCUT2D eigenvalue weighted by molar-refractivity contribution is -0.139. The third kappa shape index (κ3) is 9.03. The summed E-state index contributed by atoms with van der Waals surface area (Å²) in [4.78, 5) is 12.2. The fourth-order valence-electron chi connectivity index (χ4n) is 2.76. The molecule has 0 aromatic heterocycles. The highest BCUT2D eigenvalue weighted by Gasteiger charge is 2.20. The van der Waals surface area contributed by atoms with Crippen LogP contribution in [0, 0.1) is 11.8 Å². The van der Waals surface area contributed by atoms with Gasteiger partial charge in [-0.2, -0.15) is 17.6 Å². The number of hydrogen-bond donors (Lipinski definition) is 1. The van der Waals surface area contributed by atoms with Crippen molar-refractivity contribution in [2.45, 2.75) is 52.9 Å². The second-order valence-electron chi connectivity index (χ2n) is 6.60. The molecule has 2 unspecified atom stereocenters. The van der Waals surface area contributed by atoms with Gasteiger partial charge in [0, 0.05) is 6.42 Å². The highest BCUT2D eigenvalue weighted by atomic mass is 19.3. The molecule has 0 saturated heterocycles. The number of alkyl halides is 4. The number of benzene rings is 1. The SMILES string of the molecule is CC(C)CC(C)CC(=O)NC(COC(F)F)c1cccc(OC(F)F)c1. The topological polar surface area (TPSA) is 47.6 Å². The minimum absolute atomic E-state index is 0.123. The van der Waals surface area contributed by atoms with Crippen molar-refractivity contribution in [1.29, 1.82) is 0 Å². The van der Waals surface area contributed by atoms with Crippen LogP contribution >= 0.6 is 0 Å². The molecule has 0 aliphatic rings. The van der Waals surface area contributed by atoms with Gasteiger partial charge in [0.15, 0.2) is 0 Å². The van der Waals surface area contributed by atoms with E-state index in [9.17, 15) is 22.4 Å². The molecule has 1 N–H and O–H groups in total. The number of halogens is 4. The lowest BCUT2D eigenvalue weighted by Crippen LogP contribution is -2.33. The van der Waals surface area contributed by atoms with Crippen molar-refractivity contribution in [1.82, 2.24) is 5.32 Å². The van der Waals surface area contributed by atoms with Crippen molar-refractivity contribution in [3.05, 3.63) is 29.8 Å². The van der Waals surface area contributed by atoms with Crippen molar-refractivity contribution in [3.8, 4) is 5.75 Å². The van der Waals surface area contributed by atoms with Crippen molar-refractivity contribution < 1.29 is 31.8 Å². The zero-order valence-corrected chi connectivity index (χ0v) is 15.1. The normalized spacial score (nSPS) is 13.9. The third-order valence-corrected chi connectivity index (χ3v) is 3.62. The van der Waals surface area contributed by atoms with Gasteiger partial charge in [-0.1, -0.05) is 32.9 Å². The van der Waals surface area contributed by atoms with Gasteiger partial charge in [0.05, 0.1) is 12.6 Å². The van der Waals surface area contributed by atoms with E-state index in [1.165, 1.54) is 24.3 Å². The number of ether oxygens (including phenoxy) is 2. The van der Waals surface area contributed by atoms with Gasteiger partial charge in [0.25, 0.3) is 0 Å². The van der Waals surface area contributed by atoms with Gasteiger partial charge in [-0.25, -0.2) is 0 Å². The maximum Gasteiger partial charge on any atom is 0.387 e. The Labute approximate surface area is 150 Å². The molecule has 0 aliphatic heterocycles. The molecule has 8 heteroatoms. The second-order valence-corrected chi connectivity index (χ2v) is 6.60. The Hall–Kier alpha value is -1.83. The molecule has 1 rings (SSSR count). The van der Waals surface area contributed by atoms with E-state index < -0.39 is 25.9 Å². The summed E-state index contributed by atoms with van der Waals surface area (Å²) in [6.07, 6.45) is 1.08. The zero-order valence-electron chi connectivity index (χ0n) is 15.1. The summed E-state index contributed by atoms with van der Waals surface area (Å²) in [7, 11) is 0. The van der Waals surface area contributed by atoms with Crippen molar-refractivity contribution in [3.63, 3.8) is 0 Å². The van der Waals surface area contributed by atoms with Gasteiger partial charge in [-0.3, -0.25) is 4.79 Å². The van der Waals surface area contributed by atoms with Crippen LogP contribution in [0.3, 0.4) is 0 Å². The third-order valence-electron chi connectivity index (χ3n) is 3.62. The van der Waals surface area contributed by atoms with Crippen molar-refractivity contribution in [2.75, 3.05) is 6.61 Å². The van der Waals surface area contributed by atoms with Crippen LogP contribution in [0.25, 0.3) is 0 Å². The second kappa shape index (κ2) is 11.0. The lowest BCUT2D eigenvalue weighted by atomic mass is 9.95. The van der Waals surface area contributed by atoms with Crippen LogP contribution in [0.2, 0.25) is 0 Å². The molecule has 148 valence electrons. The Balaban J connectivity index is 2.82. The summed E-state index contributed by atoms with van der Waals surface area (Å²) in [6, 6.07) is 4.64. The lowest BCUT2D eigenvalue weighted by Gasteiger charge is -2.21. The average Bonchev–Trinajstić information content (AvgIpc) is 2.49. The van der Waals surface area contributed by atoms with Gasteiger partial charge < -0.3 is 14.8 Å². The molecule has 0 bridgehead atoms. The molecule has 0 spiro atoms. The summed E-state index contributed by atoms with van der Waals surface area (Å²) < 4.78 is 58.1. The Morgan fingerprint density at radius 2 is 1.81 bits per heavy atom. The minimum atomic E-state index is -3.01. The van der Waals surface area contributed by atoms with Gasteiger partial charge in [0.2, 0.25) is 5.91 Å². The molecule has 2 atom stereocenters. The number of rotatable bonds is 11. The summed E-state index contributed by atoms with van der Waals surface area (Å²) in [6.45, 7) is -0.478. The number of amides is 1. The Kier molecular flexibility index (Phi) is 9.40. The first kappa shape index (κ1) is 22.2.